The first-order valence-corrected chi connectivity index (χ1v) is 4.21. The van der Waals surface area contributed by atoms with Gasteiger partial charge in [0.2, 0.25) is 0 Å². The molecule has 0 aromatic carbocycles. The minimum Gasteiger partial charge on any atom is -0.548 e. The number of carbonyl (C=O) groups is 1. The third-order valence-corrected chi connectivity index (χ3v) is 2.72. The first-order valence-electron chi connectivity index (χ1n) is 3.41. The smallest absolute Gasteiger partial charge is 0.548 e. The van der Waals surface area contributed by atoms with Crippen LogP contribution in [0.15, 0.2) is 4.47 Å². The summed E-state index contributed by atoms with van der Waals surface area (Å²) in [5.41, 5.74) is 1.59. The summed E-state index contributed by atoms with van der Waals surface area (Å²) in [5, 5.41) is 14.3. The normalized spacial score (nSPS) is 9.46. The molecule has 1 aromatic heterocycles. The van der Waals surface area contributed by atoms with Crippen molar-refractivity contribution in [3.8, 4) is 0 Å². The van der Waals surface area contributed by atoms with Gasteiger partial charge in [-0.15, -0.1) is 0 Å². The van der Waals surface area contributed by atoms with Crippen LogP contribution >= 0.6 is 15.9 Å². The van der Waals surface area contributed by atoms with E-state index in [-0.39, 0.29) is 36.1 Å². The van der Waals surface area contributed by atoms with Crippen LogP contribution in [0, 0.1) is 13.8 Å². The monoisotopic (exact) mass is 254 g/mol. The van der Waals surface area contributed by atoms with Crippen LogP contribution in [0.3, 0.4) is 0 Å². The number of aryl methyl sites for hydroxylation is 1. The van der Waals surface area contributed by atoms with Crippen molar-refractivity contribution in [3.05, 3.63) is 15.9 Å². The Bertz CT molecular complexity index is 325. The number of nitrogens with zero attached hydrogens (tertiary/aromatic N) is 2. The van der Waals surface area contributed by atoms with Gasteiger partial charge in [0, 0.05) is 0 Å². The maximum Gasteiger partial charge on any atom is 1.00 e. The van der Waals surface area contributed by atoms with Gasteiger partial charge in [-0.3, -0.25) is 4.68 Å². The molecule has 13 heavy (non-hydrogen) atoms. The van der Waals surface area contributed by atoms with E-state index in [1.807, 2.05) is 6.92 Å². The SMILES string of the molecule is Cc1nn(CC(=O)[O-])c(C)c1Br.[Na+]. The molecule has 0 aliphatic rings. The number of carboxylic acid groups (broad SMARTS) is 1. The summed E-state index contributed by atoms with van der Waals surface area (Å²) >= 11 is 3.29. The second-order valence-electron chi connectivity index (χ2n) is 2.51. The van der Waals surface area contributed by atoms with Crippen LogP contribution in [0.1, 0.15) is 11.4 Å². The molecule has 0 aliphatic heterocycles. The summed E-state index contributed by atoms with van der Waals surface area (Å²) in [6.45, 7) is 3.41. The molecule has 4 nitrogen and oxygen atoms in total. The van der Waals surface area contributed by atoms with Crippen molar-refractivity contribution in [2.45, 2.75) is 20.4 Å². The van der Waals surface area contributed by atoms with Crippen LogP contribution in [0.5, 0.6) is 0 Å². The van der Waals surface area contributed by atoms with Crippen molar-refractivity contribution in [3.63, 3.8) is 0 Å². The fourth-order valence-corrected chi connectivity index (χ4v) is 1.24. The summed E-state index contributed by atoms with van der Waals surface area (Å²) in [4.78, 5) is 10.3. The molecule has 66 valence electrons. The first-order chi connectivity index (χ1) is 5.52. The van der Waals surface area contributed by atoms with E-state index in [4.69, 9.17) is 0 Å². The summed E-state index contributed by atoms with van der Waals surface area (Å²) in [5.74, 6) is -1.13. The van der Waals surface area contributed by atoms with Crippen LogP contribution < -0.4 is 34.7 Å². The third-order valence-electron chi connectivity index (χ3n) is 1.57. The van der Waals surface area contributed by atoms with Crippen LogP contribution in [-0.2, 0) is 11.3 Å². The zero-order valence-electron chi connectivity index (χ0n) is 7.80. The maximum atomic E-state index is 10.3. The van der Waals surface area contributed by atoms with Crippen LogP contribution in [-0.4, -0.2) is 15.7 Å². The largest absolute Gasteiger partial charge is 1.00 e. The number of rotatable bonds is 2. The summed E-state index contributed by atoms with van der Waals surface area (Å²) in [6.07, 6.45) is 0. The average Bonchev–Trinajstić information content (AvgIpc) is 2.17. The third kappa shape index (κ3) is 3.09. The van der Waals surface area contributed by atoms with Gasteiger partial charge < -0.3 is 9.90 Å². The Hall–Kier alpha value is 0.160. The van der Waals surface area contributed by atoms with Crippen molar-refractivity contribution in [1.29, 1.82) is 0 Å². The predicted molar refractivity (Wildman–Crippen MR) is 44.4 cm³/mol. The molecule has 0 unspecified atom stereocenters. The topological polar surface area (TPSA) is 58.0 Å². The zero-order chi connectivity index (χ0) is 9.30. The molecule has 1 rings (SSSR count). The van der Waals surface area contributed by atoms with Gasteiger partial charge in [-0.2, -0.15) is 5.10 Å². The number of carboxylic acids is 1. The molecule has 0 fully saturated rings. The van der Waals surface area contributed by atoms with Crippen LogP contribution in [0.25, 0.3) is 0 Å². The number of carbonyl (C=O) groups excluding carboxylic acids is 1. The molecular weight excluding hydrogens is 247 g/mol. The number of hydrogen-bond acceptors (Lipinski definition) is 3. The van der Waals surface area contributed by atoms with Crippen LogP contribution in [0.4, 0.5) is 0 Å². The molecule has 1 aromatic rings. The Morgan fingerprint density at radius 2 is 2.15 bits per heavy atom. The molecule has 0 bridgehead atoms. The molecule has 0 aliphatic carbocycles. The minimum atomic E-state index is -1.13. The fourth-order valence-electron chi connectivity index (χ4n) is 0.951. The van der Waals surface area contributed by atoms with E-state index in [1.165, 1.54) is 4.68 Å². The summed E-state index contributed by atoms with van der Waals surface area (Å²) < 4.78 is 2.25. The minimum absolute atomic E-state index is 0. The summed E-state index contributed by atoms with van der Waals surface area (Å²) in [7, 11) is 0. The van der Waals surface area contributed by atoms with Crippen LogP contribution in [0.2, 0.25) is 0 Å². The molecule has 1 heterocycles. The predicted octanol–water partition coefficient (Wildman–Crippen LogP) is -2.98. The van der Waals surface area contributed by atoms with E-state index in [9.17, 15) is 9.90 Å². The Labute approximate surface area is 107 Å². The molecule has 6 heteroatoms. The van der Waals surface area contributed by atoms with Crippen molar-refractivity contribution in [2.75, 3.05) is 0 Å². The molecule has 0 N–H and O–H groups in total. The van der Waals surface area contributed by atoms with Crippen molar-refractivity contribution in [1.82, 2.24) is 9.78 Å². The Balaban J connectivity index is 0.00000144. The van der Waals surface area contributed by atoms with Gasteiger partial charge in [0.25, 0.3) is 0 Å². The fraction of sp³-hybridized carbons (Fsp3) is 0.429. The van der Waals surface area contributed by atoms with Gasteiger partial charge in [-0.25, -0.2) is 0 Å². The van der Waals surface area contributed by atoms with E-state index in [1.54, 1.807) is 6.92 Å². The van der Waals surface area contributed by atoms with E-state index in [2.05, 4.69) is 21.0 Å². The Kier molecular flexibility index (Phi) is 5.21. The average molecular weight is 255 g/mol. The van der Waals surface area contributed by atoms with Crippen molar-refractivity contribution < 1.29 is 39.5 Å². The maximum absolute atomic E-state index is 10.3. The molecule has 0 saturated heterocycles. The number of hydrogen-bond donors (Lipinski definition) is 0. The molecule has 0 amide bonds. The van der Waals surface area contributed by atoms with E-state index in [0.717, 1.165) is 15.9 Å². The van der Waals surface area contributed by atoms with Crippen molar-refractivity contribution in [2.24, 2.45) is 0 Å². The summed E-state index contributed by atoms with van der Waals surface area (Å²) in [6, 6.07) is 0. The molecule has 0 atom stereocenters. The standard InChI is InChI=1S/C7H9BrN2O2.Na/c1-4-7(8)5(2)10(9-4)3-6(11)12;/h3H2,1-2H3,(H,11,12);/q;+1/p-1. The van der Waals surface area contributed by atoms with Gasteiger partial charge in [-0.05, 0) is 29.8 Å². The molecule has 0 radical (unpaired) electrons. The van der Waals surface area contributed by atoms with E-state index < -0.39 is 5.97 Å². The molecule has 0 spiro atoms. The first kappa shape index (κ1) is 13.2. The zero-order valence-corrected chi connectivity index (χ0v) is 11.4. The Morgan fingerprint density at radius 3 is 2.46 bits per heavy atom. The van der Waals surface area contributed by atoms with Gasteiger partial charge in [0.15, 0.2) is 0 Å². The number of aliphatic carboxylic acids is 1. The second-order valence-corrected chi connectivity index (χ2v) is 3.31. The molecular formula is C7H8BrN2NaO2. The van der Waals surface area contributed by atoms with E-state index in [0.29, 0.717) is 0 Å². The number of aromatic nitrogens is 2. The van der Waals surface area contributed by atoms with Gasteiger partial charge in [-0.1, -0.05) is 0 Å². The van der Waals surface area contributed by atoms with Gasteiger partial charge in [0.05, 0.1) is 28.4 Å². The van der Waals surface area contributed by atoms with Gasteiger partial charge in [0.1, 0.15) is 0 Å². The van der Waals surface area contributed by atoms with Gasteiger partial charge >= 0.3 is 29.6 Å². The second kappa shape index (κ2) is 5.14. The Morgan fingerprint density at radius 1 is 1.62 bits per heavy atom. The van der Waals surface area contributed by atoms with Crippen molar-refractivity contribution >= 4 is 21.9 Å². The van der Waals surface area contributed by atoms with E-state index >= 15 is 0 Å². The molecule has 0 saturated carbocycles. The number of halogens is 1. The quantitative estimate of drug-likeness (QED) is 0.530.